The maximum absolute atomic E-state index is 14.1. The molecule has 234 valence electrons. The molecule has 0 aliphatic carbocycles. The van der Waals surface area contributed by atoms with Gasteiger partial charge in [0.2, 0.25) is 20.0 Å². The van der Waals surface area contributed by atoms with Crippen molar-refractivity contribution in [1.29, 1.82) is 0 Å². The molecule has 0 bridgehead atoms. The second kappa shape index (κ2) is 14.3. The predicted molar refractivity (Wildman–Crippen MR) is 159 cm³/mol. The summed E-state index contributed by atoms with van der Waals surface area (Å²) in [5.74, 6) is 0.116. The van der Waals surface area contributed by atoms with Crippen molar-refractivity contribution in [3.05, 3.63) is 35.4 Å². The van der Waals surface area contributed by atoms with Gasteiger partial charge in [0.1, 0.15) is 22.6 Å². The van der Waals surface area contributed by atoms with Crippen molar-refractivity contribution < 1.29 is 30.2 Å². The summed E-state index contributed by atoms with van der Waals surface area (Å²) in [6.45, 7) is 4.44. The highest BCUT2D eigenvalue weighted by molar-refractivity contribution is 7.92. The fraction of sp³-hybridized carbons (Fsp3) is 0.786. The largest absolute Gasteiger partial charge is 0.616 e. The van der Waals surface area contributed by atoms with Crippen LogP contribution in [0.15, 0.2) is 18.2 Å². The zero-order chi connectivity index (χ0) is 29.8. The molecule has 0 spiro atoms. The molecule has 0 amide bonds. The molecule has 2 atom stereocenters. The van der Waals surface area contributed by atoms with Crippen LogP contribution in [0.1, 0.15) is 62.8 Å². The van der Waals surface area contributed by atoms with Crippen LogP contribution in [0.25, 0.3) is 0 Å². The van der Waals surface area contributed by atoms with Gasteiger partial charge in [0.15, 0.2) is 0 Å². The van der Waals surface area contributed by atoms with E-state index in [0.29, 0.717) is 69.1 Å². The second-order valence-electron chi connectivity index (χ2n) is 12.1. The number of rotatable bonds is 11. The Hall–Kier alpha value is -0.830. The normalized spacial score (nSPS) is 23.5. The van der Waals surface area contributed by atoms with Crippen LogP contribution in [0.4, 0.5) is 8.78 Å². The average molecular weight is 638 g/mol. The van der Waals surface area contributed by atoms with Gasteiger partial charge in [-0.15, -0.1) is 0 Å². The fourth-order valence-electron chi connectivity index (χ4n) is 6.77. The average Bonchev–Trinajstić information content (AvgIpc) is 2.91. The summed E-state index contributed by atoms with van der Waals surface area (Å²) in [6, 6.07) is 3.74. The van der Waals surface area contributed by atoms with Crippen LogP contribution in [0.5, 0.6) is 0 Å². The van der Waals surface area contributed by atoms with E-state index in [1.165, 1.54) is 33.3 Å². The third-order valence-electron chi connectivity index (χ3n) is 9.28. The number of benzene rings is 1. The standard InChI is InChI=1S/C28H45F2N3O5S3/c1-40(35,36)32-14-5-23(6-15-32)28(24-19-25(29)21-26(30)20-24)9-13-31-11-3-22(4-12-31)10-18-39(34)27-7-16-33(17-8-27)41(2,37)38/h19-23,27-28H,3-18H2,1-2H3/t28-,39?/m1/s1. The van der Waals surface area contributed by atoms with E-state index in [9.17, 15) is 30.2 Å². The molecule has 13 heteroatoms. The lowest BCUT2D eigenvalue weighted by Gasteiger charge is -2.37. The van der Waals surface area contributed by atoms with Crippen molar-refractivity contribution in [2.45, 2.75) is 62.5 Å². The highest BCUT2D eigenvalue weighted by Gasteiger charge is 2.34. The van der Waals surface area contributed by atoms with Crippen LogP contribution < -0.4 is 0 Å². The van der Waals surface area contributed by atoms with Crippen LogP contribution >= 0.6 is 0 Å². The Morgan fingerprint density at radius 1 is 0.829 bits per heavy atom. The van der Waals surface area contributed by atoms with Crippen LogP contribution in [0, 0.1) is 23.5 Å². The van der Waals surface area contributed by atoms with Crippen molar-refractivity contribution in [2.24, 2.45) is 11.8 Å². The molecule has 1 unspecified atom stereocenters. The molecule has 1 aromatic rings. The molecule has 3 aliphatic rings. The lowest BCUT2D eigenvalue weighted by molar-refractivity contribution is 0.164. The number of likely N-dealkylation sites (tertiary alicyclic amines) is 1. The van der Waals surface area contributed by atoms with Gasteiger partial charge in [-0.2, -0.15) is 0 Å². The van der Waals surface area contributed by atoms with Crippen molar-refractivity contribution in [2.75, 3.05) is 64.1 Å². The van der Waals surface area contributed by atoms with E-state index in [-0.39, 0.29) is 17.1 Å². The number of hydrogen-bond acceptors (Lipinski definition) is 6. The van der Waals surface area contributed by atoms with Gasteiger partial charge >= 0.3 is 0 Å². The highest BCUT2D eigenvalue weighted by atomic mass is 32.2. The van der Waals surface area contributed by atoms with Gasteiger partial charge in [0.25, 0.3) is 0 Å². The van der Waals surface area contributed by atoms with Gasteiger partial charge in [-0.1, -0.05) is 11.2 Å². The van der Waals surface area contributed by atoms with Crippen LogP contribution in [0.2, 0.25) is 0 Å². The van der Waals surface area contributed by atoms with Gasteiger partial charge in [-0.25, -0.2) is 34.2 Å². The highest BCUT2D eigenvalue weighted by Crippen LogP contribution is 2.37. The summed E-state index contributed by atoms with van der Waals surface area (Å²) >= 11 is -0.942. The molecule has 41 heavy (non-hydrogen) atoms. The number of halogens is 2. The van der Waals surface area contributed by atoms with E-state index in [0.717, 1.165) is 51.4 Å². The Morgan fingerprint density at radius 2 is 1.34 bits per heavy atom. The summed E-state index contributed by atoms with van der Waals surface area (Å²) < 4.78 is 91.5. The molecule has 3 saturated heterocycles. The third-order valence-corrected chi connectivity index (χ3v) is 13.7. The Balaban J connectivity index is 1.24. The Morgan fingerprint density at radius 3 is 1.85 bits per heavy atom. The number of nitrogens with zero attached hydrogens (tertiary/aromatic N) is 3. The number of sulfonamides is 2. The fourth-order valence-corrected chi connectivity index (χ4v) is 10.2. The smallest absolute Gasteiger partial charge is 0.211 e. The first-order chi connectivity index (χ1) is 19.3. The zero-order valence-electron chi connectivity index (χ0n) is 24.2. The summed E-state index contributed by atoms with van der Waals surface area (Å²) in [5, 5.41) is 0.0713. The molecule has 3 fully saturated rings. The maximum atomic E-state index is 14.1. The first-order valence-corrected chi connectivity index (χ1v) is 19.8. The molecular formula is C28H45F2N3O5S3. The quantitative estimate of drug-likeness (QED) is 0.345. The topological polar surface area (TPSA) is 101 Å². The van der Waals surface area contributed by atoms with E-state index >= 15 is 0 Å². The van der Waals surface area contributed by atoms with E-state index in [1.807, 2.05) is 0 Å². The lowest BCUT2D eigenvalue weighted by atomic mass is 9.78. The van der Waals surface area contributed by atoms with Crippen molar-refractivity contribution >= 4 is 31.2 Å². The van der Waals surface area contributed by atoms with E-state index in [2.05, 4.69) is 4.90 Å². The third kappa shape index (κ3) is 9.58. The van der Waals surface area contributed by atoms with Crippen LogP contribution in [-0.4, -0.2) is 104 Å². The summed E-state index contributed by atoms with van der Waals surface area (Å²) in [4.78, 5) is 2.41. The molecule has 3 aliphatic heterocycles. The minimum Gasteiger partial charge on any atom is -0.616 e. The van der Waals surface area contributed by atoms with Gasteiger partial charge in [0.05, 0.1) is 12.5 Å². The molecule has 3 heterocycles. The van der Waals surface area contributed by atoms with Gasteiger partial charge in [-0.3, -0.25) is 0 Å². The van der Waals surface area contributed by atoms with Crippen molar-refractivity contribution in [1.82, 2.24) is 13.5 Å². The molecule has 1 aromatic carbocycles. The molecule has 8 nitrogen and oxygen atoms in total. The van der Waals surface area contributed by atoms with Gasteiger partial charge in [0, 0.05) is 45.1 Å². The Kier molecular flexibility index (Phi) is 11.5. The maximum Gasteiger partial charge on any atom is 0.211 e. The number of piperidine rings is 3. The Labute approximate surface area is 248 Å². The van der Waals surface area contributed by atoms with E-state index < -0.39 is 42.9 Å². The van der Waals surface area contributed by atoms with Gasteiger partial charge in [-0.05, 0) is 93.6 Å². The minimum absolute atomic E-state index is 0.0452. The zero-order valence-corrected chi connectivity index (χ0v) is 26.7. The first kappa shape index (κ1) is 33.1. The monoisotopic (exact) mass is 637 g/mol. The predicted octanol–water partition coefficient (Wildman–Crippen LogP) is 3.38. The Bertz CT molecular complexity index is 1190. The molecule has 4 rings (SSSR count). The summed E-state index contributed by atoms with van der Waals surface area (Å²) in [6.07, 6.45) is 8.81. The SMILES string of the molecule is CS(=O)(=O)N1CCC([C@@H](CCN2CCC(CC[S+]([O-])C3CCN(S(C)(=O)=O)CC3)CC2)c2cc(F)cc(F)c2)CC1. The van der Waals surface area contributed by atoms with Gasteiger partial charge < -0.3 is 9.45 Å². The van der Waals surface area contributed by atoms with Crippen molar-refractivity contribution in [3.63, 3.8) is 0 Å². The molecule has 0 radical (unpaired) electrons. The van der Waals surface area contributed by atoms with Crippen LogP contribution in [0.3, 0.4) is 0 Å². The van der Waals surface area contributed by atoms with Crippen molar-refractivity contribution in [3.8, 4) is 0 Å². The van der Waals surface area contributed by atoms with E-state index in [1.54, 1.807) is 0 Å². The summed E-state index contributed by atoms with van der Waals surface area (Å²) in [7, 11) is -6.43. The molecule has 0 saturated carbocycles. The minimum atomic E-state index is -3.25. The van der Waals surface area contributed by atoms with E-state index in [4.69, 9.17) is 0 Å². The molecule has 0 N–H and O–H groups in total. The molecular weight excluding hydrogens is 593 g/mol. The number of hydrogen-bond donors (Lipinski definition) is 0. The van der Waals surface area contributed by atoms with Crippen LogP contribution in [-0.2, 0) is 31.2 Å². The second-order valence-corrected chi connectivity index (χ2v) is 17.9. The lowest BCUT2D eigenvalue weighted by Crippen LogP contribution is -2.42. The first-order valence-electron chi connectivity index (χ1n) is 14.8. The summed E-state index contributed by atoms with van der Waals surface area (Å²) in [5.41, 5.74) is 0.653. The molecule has 0 aromatic heterocycles.